The van der Waals surface area contributed by atoms with Gasteiger partial charge in [-0.15, -0.1) is 0 Å². The zero-order chi connectivity index (χ0) is 7.68. The molecule has 0 radical (unpaired) electrons. The number of hydrogen-bond donors (Lipinski definition) is 1. The van der Waals surface area contributed by atoms with Gasteiger partial charge >= 0.3 is 0 Å². The smallest absolute Gasteiger partial charge is 0.0645 e. The van der Waals surface area contributed by atoms with Gasteiger partial charge in [0.25, 0.3) is 0 Å². The van der Waals surface area contributed by atoms with Crippen LogP contribution in [0.3, 0.4) is 0 Å². The number of rotatable bonds is 1. The van der Waals surface area contributed by atoms with Crippen molar-refractivity contribution in [3.05, 3.63) is 0 Å². The molecule has 2 aliphatic rings. The lowest BCUT2D eigenvalue weighted by atomic mass is 10.0. The number of nitrogens with two attached hydrogens (primary N) is 1. The Morgan fingerprint density at radius 1 is 1.36 bits per heavy atom. The van der Waals surface area contributed by atoms with Gasteiger partial charge in [-0.3, -0.25) is 4.90 Å². The van der Waals surface area contributed by atoms with Crippen LogP contribution in [0.2, 0.25) is 0 Å². The second-order valence-electron chi connectivity index (χ2n) is 3.59. The van der Waals surface area contributed by atoms with Crippen LogP contribution in [0.15, 0.2) is 0 Å². The average Bonchev–Trinajstić information content (AvgIpc) is 1.83. The molecule has 0 amide bonds. The molecule has 0 unspecified atom stereocenters. The predicted octanol–water partition coefficient (Wildman–Crippen LogP) is -0.192. The third-order valence-electron chi connectivity index (χ3n) is 2.63. The summed E-state index contributed by atoms with van der Waals surface area (Å²) in [7, 11) is 0. The molecule has 2 heterocycles. The maximum Gasteiger partial charge on any atom is 0.0645 e. The van der Waals surface area contributed by atoms with E-state index in [1.54, 1.807) is 0 Å². The number of piperidine rings is 1. The molecule has 2 rings (SSSR count). The van der Waals surface area contributed by atoms with Crippen LogP contribution in [0.25, 0.3) is 0 Å². The van der Waals surface area contributed by atoms with Gasteiger partial charge in [-0.05, 0) is 19.4 Å². The minimum Gasteiger partial charge on any atom is -0.378 e. The van der Waals surface area contributed by atoms with Gasteiger partial charge in [0.1, 0.15) is 0 Å². The summed E-state index contributed by atoms with van der Waals surface area (Å²) >= 11 is 0. The van der Waals surface area contributed by atoms with Crippen molar-refractivity contribution in [3.63, 3.8) is 0 Å². The molecule has 11 heavy (non-hydrogen) atoms. The standard InChI is InChI=1S/C8H16N2O/c9-7-2-1-3-10(4-7)8-5-11-6-8/h7-8H,1-6,9H2/t7-/m1/s1. The Balaban J connectivity index is 1.82. The Morgan fingerprint density at radius 2 is 2.18 bits per heavy atom. The SMILES string of the molecule is N[C@@H]1CCCN(C2COC2)C1. The van der Waals surface area contributed by atoms with Crippen molar-refractivity contribution in [2.24, 2.45) is 5.73 Å². The molecule has 3 nitrogen and oxygen atoms in total. The van der Waals surface area contributed by atoms with E-state index >= 15 is 0 Å². The van der Waals surface area contributed by atoms with Crippen molar-refractivity contribution in [1.29, 1.82) is 0 Å². The van der Waals surface area contributed by atoms with Crippen molar-refractivity contribution in [1.82, 2.24) is 4.90 Å². The maximum atomic E-state index is 5.86. The van der Waals surface area contributed by atoms with Crippen molar-refractivity contribution in [2.75, 3.05) is 26.3 Å². The average molecular weight is 156 g/mol. The minimum absolute atomic E-state index is 0.407. The fourth-order valence-electron chi connectivity index (χ4n) is 1.81. The van der Waals surface area contributed by atoms with Crippen LogP contribution >= 0.6 is 0 Å². The molecule has 2 aliphatic heterocycles. The van der Waals surface area contributed by atoms with Gasteiger partial charge in [0.15, 0.2) is 0 Å². The van der Waals surface area contributed by atoms with Gasteiger partial charge in [0.05, 0.1) is 19.3 Å². The highest BCUT2D eigenvalue weighted by molar-refractivity contribution is 4.83. The third kappa shape index (κ3) is 1.55. The first-order valence-electron chi connectivity index (χ1n) is 4.43. The molecule has 2 fully saturated rings. The minimum atomic E-state index is 0.407. The maximum absolute atomic E-state index is 5.86. The molecule has 0 spiro atoms. The first-order chi connectivity index (χ1) is 5.36. The Kier molecular flexibility index (Phi) is 2.11. The Hall–Kier alpha value is -0.120. The lowest BCUT2D eigenvalue weighted by Crippen LogP contribution is -2.55. The van der Waals surface area contributed by atoms with Crippen LogP contribution in [-0.4, -0.2) is 43.3 Å². The molecule has 3 heteroatoms. The topological polar surface area (TPSA) is 38.5 Å². The molecule has 2 saturated heterocycles. The molecule has 0 aromatic heterocycles. The summed E-state index contributed by atoms with van der Waals surface area (Å²) < 4.78 is 5.14. The van der Waals surface area contributed by atoms with Crippen LogP contribution in [-0.2, 0) is 4.74 Å². The van der Waals surface area contributed by atoms with E-state index in [0.29, 0.717) is 12.1 Å². The van der Waals surface area contributed by atoms with Crippen LogP contribution < -0.4 is 5.73 Å². The van der Waals surface area contributed by atoms with Crippen LogP contribution in [0.5, 0.6) is 0 Å². The van der Waals surface area contributed by atoms with E-state index in [2.05, 4.69) is 4.90 Å². The highest BCUT2D eigenvalue weighted by Gasteiger charge is 2.28. The van der Waals surface area contributed by atoms with Crippen molar-refractivity contribution in [3.8, 4) is 0 Å². The molecule has 1 atom stereocenters. The van der Waals surface area contributed by atoms with E-state index in [9.17, 15) is 0 Å². The van der Waals surface area contributed by atoms with E-state index in [1.807, 2.05) is 0 Å². The fourth-order valence-corrected chi connectivity index (χ4v) is 1.81. The summed E-state index contributed by atoms with van der Waals surface area (Å²) in [5, 5.41) is 0. The lowest BCUT2D eigenvalue weighted by Gasteiger charge is -2.41. The molecule has 64 valence electrons. The van der Waals surface area contributed by atoms with Crippen LogP contribution in [0.1, 0.15) is 12.8 Å². The summed E-state index contributed by atoms with van der Waals surface area (Å²) in [6.45, 7) is 4.15. The Labute approximate surface area is 67.5 Å². The second-order valence-corrected chi connectivity index (χ2v) is 3.59. The molecule has 2 N–H and O–H groups in total. The summed E-state index contributed by atoms with van der Waals surface area (Å²) in [5.74, 6) is 0. The first-order valence-corrected chi connectivity index (χ1v) is 4.43. The number of hydrogen-bond acceptors (Lipinski definition) is 3. The summed E-state index contributed by atoms with van der Waals surface area (Å²) in [6.07, 6.45) is 2.46. The highest BCUT2D eigenvalue weighted by atomic mass is 16.5. The molecule has 0 aliphatic carbocycles. The molecule has 0 aromatic rings. The monoisotopic (exact) mass is 156 g/mol. The van der Waals surface area contributed by atoms with Gasteiger partial charge in [-0.25, -0.2) is 0 Å². The van der Waals surface area contributed by atoms with Crippen LogP contribution in [0.4, 0.5) is 0 Å². The normalized spacial score (nSPS) is 35.2. The second kappa shape index (κ2) is 3.09. The van der Waals surface area contributed by atoms with Gasteiger partial charge in [-0.1, -0.05) is 0 Å². The van der Waals surface area contributed by atoms with E-state index in [1.165, 1.54) is 19.4 Å². The van der Waals surface area contributed by atoms with E-state index in [-0.39, 0.29) is 0 Å². The van der Waals surface area contributed by atoms with Gasteiger partial charge < -0.3 is 10.5 Å². The number of ether oxygens (including phenoxy) is 1. The van der Waals surface area contributed by atoms with Crippen molar-refractivity contribution >= 4 is 0 Å². The van der Waals surface area contributed by atoms with E-state index in [0.717, 1.165) is 19.8 Å². The summed E-state index contributed by atoms with van der Waals surface area (Å²) in [6, 6.07) is 1.09. The molecular weight excluding hydrogens is 140 g/mol. The van der Waals surface area contributed by atoms with Gasteiger partial charge in [0.2, 0.25) is 0 Å². The fraction of sp³-hybridized carbons (Fsp3) is 1.00. The van der Waals surface area contributed by atoms with Crippen molar-refractivity contribution < 1.29 is 4.74 Å². The quantitative estimate of drug-likeness (QED) is 0.572. The van der Waals surface area contributed by atoms with Gasteiger partial charge in [-0.2, -0.15) is 0 Å². The lowest BCUT2D eigenvalue weighted by molar-refractivity contribution is -0.0717. The van der Waals surface area contributed by atoms with Crippen molar-refractivity contribution in [2.45, 2.75) is 24.9 Å². The number of nitrogens with zero attached hydrogens (tertiary/aromatic N) is 1. The largest absolute Gasteiger partial charge is 0.378 e. The molecular formula is C8H16N2O. The van der Waals surface area contributed by atoms with Crippen LogP contribution in [0, 0.1) is 0 Å². The Morgan fingerprint density at radius 3 is 2.73 bits per heavy atom. The first kappa shape index (κ1) is 7.53. The Bertz CT molecular complexity index is 136. The molecule has 0 saturated carbocycles. The van der Waals surface area contributed by atoms with Gasteiger partial charge in [0, 0.05) is 12.6 Å². The third-order valence-corrected chi connectivity index (χ3v) is 2.63. The molecule has 0 aromatic carbocycles. The van der Waals surface area contributed by atoms with E-state index < -0.39 is 0 Å². The van der Waals surface area contributed by atoms with E-state index in [4.69, 9.17) is 10.5 Å². The number of likely N-dealkylation sites (tertiary alicyclic amines) is 1. The summed E-state index contributed by atoms with van der Waals surface area (Å²) in [4.78, 5) is 2.47. The predicted molar refractivity (Wildman–Crippen MR) is 43.4 cm³/mol. The highest BCUT2D eigenvalue weighted by Crippen LogP contribution is 2.16. The summed E-state index contributed by atoms with van der Waals surface area (Å²) in [5.41, 5.74) is 5.86. The zero-order valence-corrected chi connectivity index (χ0v) is 6.83. The molecule has 0 bridgehead atoms. The zero-order valence-electron chi connectivity index (χ0n) is 6.83.